The molecule has 0 bridgehead atoms. The van der Waals surface area contributed by atoms with Crippen molar-refractivity contribution in [3.8, 4) is 0 Å². The Labute approximate surface area is 101 Å². The molecule has 6 heteroatoms. The average molecular weight is 237 g/mol. The van der Waals surface area contributed by atoms with Crippen LogP contribution in [0.5, 0.6) is 0 Å². The maximum Gasteiger partial charge on any atom is 0.240 e. The van der Waals surface area contributed by atoms with Crippen molar-refractivity contribution in [2.24, 2.45) is 7.05 Å². The Morgan fingerprint density at radius 2 is 2.47 bits per heavy atom. The molecule has 0 saturated carbocycles. The highest BCUT2D eigenvalue weighted by molar-refractivity contribution is 5.85. The van der Waals surface area contributed by atoms with Crippen LogP contribution in [0, 0.1) is 0 Å². The van der Waals surface area contributed by atoms with E-state index < -0.39 is 5.54 Å². The number of rotatable bonds is 3. The molecule has 17 heavy (non-hydrogen) atoms. The normalized spacial score (nSPS) is 24.6. The van der Waals surface area contributed by atoms with Crippen LogP contribution in [0.25, 0.3) is 0 Å². The Balaban J connectivity index is 1.91. The summed E-state index contributed by atoms with van der Waals surface area (Å²) < 4.78 is 1.80. The van der Waals surface area contributed by atoms with Gasteiger partial charge in [-0.1, -0.05) is 0 Å². The third-order valence-electron chi connectivity index (χ3n) is 3.33. The molecular weight excluding hydrogens is 218 g/mol. The van der Waals surface area contributed by atoms with E-state index in [1.54, 1.807) is 10.9 Å². The number of nitrogens with one attached hydrogen (secondary N) is 2. The highest BCUT2D eigenvalue weighted by Gasteiger charge is 2.33. The number of hydrogen-bond acceptors (Lipinski definition) is 4. The number of amides is 1. The Kier molecular flexibility index (Phi) is 3.42. The summed E-state index contributed by atoms with van der Waals surface area (Å²) in [6, 6.07) is 0. The minimum atomic E-state index is -0.434. The van der Waals surface area contributed by atoms with Gasteiger partial charge in [-0.2, -0.15) is 0 Å². The van der Waals surface area contributed by atoms with E-state index in [1.165, 1.54) is 0 Å². The summed E-state index contributed by atoms with van der Waals surface area (Å²) >= 11 is 0. The van der Waals surface area contributed by atoms with Crippen molar-refractivity contribution in [3.05, 3.63) is 12.2 Å². The predicted molar refractivity (Wildman–Crippen MR) is 63.1 cm³/mol. The molecule has 94 valence electrons. The van der Waals surface area contributed by atoms with E-state index in [1.807, 2.05) is 14.0 Å². The molecule has 0 aliphatic carbocycles. The fourth-order valence-electron chi connectivity index (χ4n) is 2.07. The maximum absolute atomic E-state index is 12.1. The largest absolute Gasteiger partial charge is 0.347 e. The second kappa shape index (κ2) is 4.83. The molecule has 1 saturated heterocycles. The predicted octanol–water partition coefficient (Wildman–Crippen LogP) is -0.0365. The first-order valence-corrected chi connectivity index (χ1v) is 5.98. The number of aryl methyl sites for hydroxylation is 1. The summed E-state index contributed by atoms with van der Waals surface area (Å²) in [4.78, 5) is 12.1. The third-order valence-corrected chi connectivity index (χ3v) is 3.33. The van der Waals surface area contributed by atoms with E-state index in [9.17, 15) is 4.79 Å². The standard InChI is InChI=1S/C11H19N5O/c1-11(5-3-4-6-13-11)10(17)12-7-9-15-14-8-16(9)2/h8,13H,3-7H2,1-2H3,(H,12,17). The van der Waals surface area contributed by atoms with E-state index in [-0.39, 0.29) is 5.91 Å². The topological polar surface area (TPSA) is 71.8 Å². The van der Waals surface area contributed by atoms with Crippen LogP contribution in [-0.4, -0.2) is 32.8 Å². The number of carbonyl (C=O) groups is 1. The van der Waals surface area contributed by atoms with Crippen LogP contribution in [0.1, 0.15) is 32.0 Å². The first kappa shape index (κ1) is 12.0. The molecule has 2 heterocycles. The van der Waals surface area contributed by atoms with Crippen LogP contribution >= 0.6 is 0 Å². The van der Waals surface area contributed by atoms with Crippen molar-refractivity contribution < 1.29 is 4.79 Å². The molecule has 0 spiro atoms. The lowest BCUT2D eigenvalue weighted by atomic mass is 9.90. The monoisotopic (exact) mass is 237 g/mol. The number of carbonyl (C=O) groups excluding carboxylic acids is 1. The minimum Gasteiger partial charge on any atom is -0.347 e. The van der Waals surface area contributed by atoms with Crippen molar-refractivity contribution in [2.45, 2.75) is 38.3 Å². The first-order valence-electron chi connectivity index (χ1n) is 5.98. The van der Waals surface area contributed by atoms with E-state index in [0.717, 1.165) is 31.6 Å². The molecule has 1 amide bonds. The molecule has 0 radical (unpaired) electrons. The molecular formula is C11H19N5O. The van der Waals surface area contributed by atoms with Gasteiger partial charge < -0.3 is 15.2 Å². The Hall–Kier alpha value is -1.43. The Bertz CT molecular complexity index is 394. The number of piperidine rings is 1. The fraction of sp³-hybridized carbons (Fsp3) is 0.727. The zero-order valence-corrected chi connectivity index (χ0v) is 10.4. The van der Waals surface area contributed by atoms with Gasteiger partial charge >= 0.3 is 0 Å². The summed E-state index contributed by atoms with van der Waals surface area (Å²) in [6.45, 7) is 3.29. The van der Waals surface area contributed by atoms with E-state index in [0.29, 0.717) is 6.54 Å². The van der Waals surface area contributed by atoms with Gasteiger partial charge in [-0.3, -0.25) is 4.79 Å². The van der Waals surface area contributed by atoms with Gasteiger partial charge in [0.1, 0.15) is 6.33 Å². The van der Waals surface area contributed by atoms with Crippen LogP contribution in [-0.2, 0) is 18.4 Å². The molecule has 2 N–H and O–H groups in total. The van der Waals surface area contributed by atoms with Gasteiger partial charge in [0.25, 0.3) is 0 Å². The highest BCUT2D eigenvalue weighted by atomic mass is 16.2. The van der Waals surface area contributed by atoms with Crippen molar-refractivity contribution in [1.82, 2.24) is 25.4 Å². The summed E-state index contributed by atoms with van der Waals surface area (Å²) in [5, 5.41) is 13.9. The van der Waals surface area contributed by atoms with Crippen molar-refractivity contribution in [3.63, 3.8) is 0 Å². The van der Waals surface area contributed by atoms with Gasteiger partial charge in [0.15, 0.2) is 5.82 Å². The number of nitrogens with zero attached hydrogens (tertiary/aromatic N) is 3. The van der Waals surface area contributed by atoms with Gasteiger partial charge in [-0.15, -0.1) is 10.2 Å². The van der Waals surface area contributed by atoms with Gasteiger partial charge in [0.2, 0.25) is 5.91 Å². The second-order valence-corrected chi connectivity index (χ2v) is 4.76. The quantitative estimate of drug-likeness (QED) is 0.774. The molecule has 1 unspecified atom stereocenters. The van der Waals surface area contributed by atoms with Crippen molar-refractivity contribution in [2.75, 3.05) is 6.54 Å². The SMILES string of the molecule is Cn1cnnc1CNC(=O)C1(C)CCCCN1. The molecule has 0 aromatic carbocycles. The molecule has 1 aromatic heterocycles. The van der Waals surface area contributed by atoms with Crippen LogP contribution in [0.3, 0.4) is 0 Å². The smallest absolute Gasteiger partial charge is 0.240 e. The number of hydrogen-bond donors (Lipinski definition) is 2. The van der Waals surface area contributed by atoms with Gasteiger partial charge in [-0.05, 0) is 32.7 Å². The van der Waals surface area contributed by atoms with E-state index in [2.05, 4.69) is 20.8 Å². The van der Waals surface area contributed by atoms with Gasteiger partial charge in [0, 0.05) is 7.05 Å². The Morgan fingerprint density at radius 3 is 3.06 bits per heavy atom. The second-order valence-electron chi connectivity index (χ2n) is 4.76. The van der Waals surface area contributed by atoms with Gasteiger partial charge in [-0.25, -0.2) is 0 Å². The summed E-state index contributed by atoms with van der Waals surface area (Å²) in [5.41, 5.74) is -0.434. The van der Waals surface area contributed by atoms with Crippen LogP contribution < -0.4 is 10.6 Å². The molecule has 6 nitrogen and oxygen atoms in total. The lowest BCUT2D eigenvalue weighted by Gasteiger charge is -2.33. The first-order chi connectivity index (χ1) is 8.12. The minimum absolute atomic E-state index is 0.0419. The summed E-state index contributed by atoms with van der Waals surface area (Å²) in [6.07, 6.45) is 4.76. The lowest BCUT2D eigenvalue weighted by molar-refractivity contribution is -0.128. The lowest BCUT2D eigenvalue weighted by Crippen LogP contribution is -2.56. The van der Waals surface area contributed by atoms with Gasteiger partial charge in [0.05, 0.1) is 12.1 Å². The third kappa shape index (κ3) is 2.63. The van der Waals surface area contributed by atoms with Crippen LogP contribution in [0.4, 0.5) is 0 Å². The van der Waals surface area contributed by atoms with Crippen molar-refractivity contribution in [1.29, 1.82) is 0 Å². The molecule has 1 atom stereocenters. The van der Waals surface area contributed by atoms with Crippen molar-refractivity contribution >= 4 is 5.91 Å². The fourth-order valence-corrected chi connectivity index (χ4v) is 2.07. The van der Waals surface area contributed by atoms with E-state index in [4.69, 9.17) is 0 Å². The number of aromatic nitrogens is 3. The summed E-state index contributed by atoms with van der Waals surface area (Å²) in [7, 11) is 1.86. The molecule has 1 aliphatic heterocycles. The van der Waals surface area contributed by atoms with Crippen LogP contribution in [0.15, 0.2) is 6.33 Å². The van der Waals surface area contributed by atoms with Crippen LogP contribution in [0.2, 0.25) is 0 Å². The maximum atomic E-state index is 12.1. The molecule has 1 fully saturated rings. The Morgan fingerprint density at radius 1 is 1.65 bits per heavy atom. The average Bonchev–Trinajstić information content (AvgIpc) is 2.73. The molecule has 2 rings (SSSR count). The zero-order chi connectivity index (χ0) is 12.3. The molecule has 1 aliphatic rings. The zero-order valence-electron chi connectivity index (χ0n) is 10.4. The molecule has 1 aromatic rings. The highest BCUT2D eigenvalue weighted by Crippen LogP contribution is 2.18. The van der Waals surface area contributed by atoms with E-state index >= 15 is 0 Å². The summed E-state index contributed by atoms with van der Waals surface area (Å²) in [5.74, 6) is 0.804.